The van der Waals surface area contributed by atoms with Crippen molar-refractivity contribution in [2.45, 2.75) is 0 Å². The smallest absolute Gasteiger partial charge is 0.335 e. The molecule has 0 saturated carbocycles. The van der Waals surface area contributed by atoms with Crippen molar-refractivity contribution >= 4 is 40.5 Å². The minimum Gasteiger partial charge on any atom is -0.478 e. The molecule has 0 saturated heterocycles. The Morgan fingerprint density at radius 2 is 1.09 bits per heavy atom. The topological polar surface area (TPSA) is 182 Å². The summed E-state index contributed by atoms with van der Waals surface area (Å²) in [6.07, 6.45) is 0. The van der Waals surface area contributed by atoms with E-state index in [-0.39, 0.29) is 39.4 Å². The van der Waals surface area contributed by atoms with Gasteiger partial charge in [0.1, 0.15) is 0 Å². The summed E-state index contributed by atoms with van der Waals surface area (Å²) in [5, 5.41) is 36.0. The molecule has 0 radical (unpaired) electrons. The van der Waals surface area contributed by atoms with Crippen LogP contribution in [0, 0.1) is 20.2 Å². The van der Waals surface area contributed by atoms with Gasteiger partial charge in [0.05, 0.1) is 15.4 Å². The highest BCUT2D eigenvalue weighted by atomic mass is 16.6. The minimum atomic E-state index is -1.34. The van der Waals surface area contributed by atoms with Gasteiger partial charge in [-0.25, -0.2) is 4.79 Å². The maximum atomic E-state index is 12.5. The van der Waals surface area contributed by atoms with Crippen molar-refractivity contribution < 1.29 is 29.3 Å². The number of carbonyl (C=O) groups excluding carboxylic acids is 2. The zero-order valence-corrected chi connectivity index (χ0v) is 16.6. The van der Waals surface area contributed by atoms with Crippen molar-refractivity contribution in [2.24, 2.45) is 0 Å². The van der Waals surface area contributed by atoms with Gasteiger partial charge in [0.15, 0.2) is 0 Å². The monoisotopic (exact) mass is 450 g/mol. The SMILES string of the molecule is O=C(O)c1cc(NC(=O)c2cccc([N+](=O)[O-])c2)cc(NC(=O)c2cccc([N+](=O)[O-])c2)c1. The molecule has 33 heavy (non-hydrogen) atoms. The molecule has 0 fully saturated rings. The first-order chi connectivity index (χ1) is 15.6. The van der Waals surface area contributed by atoms with Gasteiger partial charge in [-0.2, -0.15) is 0 Å². The number of nitro benzene ring substituents is 2. The third kappa shape index (κ3) is 5.52. The van der Waals surface area contributed by atoms with Crippen LogP contribution in [0.4, 0.5) is 22.7 Å². The quantitative estimate of drug-likeness (QED) is 0.359. The van der Waals surface area contributed by atoms with Crippen LogP contribution in [0.15, 0.2) is 66.7 Å². The van der Waals surface area contributed by atoms with Gasteiger partial charge in [0, 0.05) is 46.8 Å². The Morgan fingerprint density at radius 1 is 0.667 bits per heavy atom. The molecule has 0 aromatic heterocycles. The first-order valence-corrected chi connectivity index (χ1v) is 9.14. The van der Waals surface area contributed by atoms with E-state index in [1.54, 1.807) is 0 Å². The highest BCUT2D eigenvalue weighted by Crippen LogP contribution is 2.22. The normalized spacial score (nSPS) is 10.2. The lowest BCUT2D eigenvalue weighted by Gasteiger charge is -2.11. The van der Waals surface area contributed by atoms with E-state index < -0.39 is 27.6 Å². The van der Waals surface area contributed by atoms with Gasteiger partial charge in [-0.05, 0) is 30.3 Å². The number of hydrogen-bond donors (Lipinski definition) is 3. The van der Waals surface area contributed by atoms with E-state index in [1.807, 2.05) is 0 Å². The molecule has 3 aromatic carbocycles. The van der Waals surface area contributed by atoms with Crippen molar-refractivity contribution in [1.29, 1.82) is 0 Å². The van der Waals surface area contributed by atoms with Crippen molar-refractivity contribution in [1.82, 2.24) is 0 Å². The summed E-state index contributed by atoms with van der Waals surface area (Å²) in [4.78, 5) is 57.0. The molecule has 12 nitrogen and oxygen atoms in total. The minimum absolute atomic E-state index is 0.000693. The van der Waals surface area contributed by atoms with Gasteiger partial charge in [-0.1, -0.05) is 12.1 Å². The summed E-state index contributed by atoms with van der Waals surface area (Å²) >= 11 is 0. The first-order valence-electron chi connectivity index (χ1n) is 9.14. The van der Waals surface area contributed by atoms with Crippen LogP contribution in [-0.2, 0) is 0 Å². The maximum Gasteiger partial charge on any atom is 0.335 e. The second-order valence-electron chi connectivity index (χ2n) is 6.63. The van der Waals surface area contributed by atoms with Crippen molar-refractivity contribution in [3.8, 4) is 0 Å². The molecule has 0 bridgehead atoms. The summed E-state index contributed by atoms with van der Waals surface area (Å²) in [5.74, 6) is -2.82. The average Bonchev–Trinajstić information content (AvgIpc) is 2.79. The van der Waals surface area contributed by atoms with E-state index >= 15 is 0 Å². The molecule has 0 unspecified atom stereocenters. The number of amides is 2. The molecule has 0 aliphatic rings. The lowest BCUT2D eigenvalue weighted by Crippen LogP contribution is -2.15. The number of nitrogens with one attached hydrogen (secondary N) is 2. The second-order valence-corrected chi connectivity index (χ2v) is 6.63. The molecule has 2 amide bonds. The van der Waals surface area contributed by atoms with Crippen LogP contribution in [0.25, 0.3) is 0 Å². The van der Waals surface area contributed by atoms with Crippen LogP contribution in [0.2, 0.25) is 0 Å². The summed E-state index contributed by atoms with van der Waals surface area (Å²) in [6.45, 7) is 0. The maximum absolute atomic E-state index is 12.5. The van der Waals surface area contributed by atoms with Gasteiger partial charge in [-0.15, -0.1) is 0 Å². The third-order valence-electron chi connectivity index (χ3n) is 4.33. The molecule has 3 aromatic rings. The Morgan fingerprint density at radius 3 is 1.45 bits per heavy atom. The van der Waals surface area contributed by atoms with Gasteiger partial charge < -0.3 is 15.7 Å². The van der Waals surface area contributed by atoms with E-state index in [0.717, 1.165) is 24.3 Å². The third-order valence-corrected chi connectivity index (χ3v) is 4.33. The zero-order chi connectivity index (χ0) is 24.1. The molecule has 12 heteroatoms. The lowest BCUT2D eigenvalue weighted by molar-refractivity contribution is -0.385. The van der Waals surface area contributed by atoms with Gasteiger partial charge in [0.25, 0.3) is 23.2 Å². The van der Waals surface area contributed by atoms with E-state index in [9.17, 15) is 39.7 Å². The number of nitrogens with zero attached hydrogens (tertiary/aromatic N) is 2. The fourth-order valence-electron chi connectivity index (χ4n) is 2.82. The van der Waals surface area contributed by atoms with Crippen molar-refractivity contribution in [3.05, 3.63) is 104 Å². The fourth-order valence-corrected chi connectivity index (χ4v) is 2.82. The standard InChI is InChI=1S/C21H14N4O8/c26-19(12-3-1-5-17(9-12)24(30)31)22-15-7-14(21(28)29)8-16(11-15)23-20(27)13-4-2-6-18(10-13)25(32)33/h1-11H,(H,22,26)(H,23,27)(H,28,29). The Kier molecular flexibility index (Phi) is 6.39. The van der Waals surface area contributed by atoms with Crippen LogP contribution in [-0.4, -0.2) is 32.7 Å². The number of rotatable bonds is 7. The average molecular weight is 450 g/mol. The predicted octanol–water partition coefficient (Wildman–Crippen LogP) is 3.71. The van der Waals surface area contributed by atoms with E-state index in [0.29, 0.717) is 0 Å². The molecule has 166 valence electrons. The molecular weight excluding hydrogens is 436 g/mol. The number of nitro groups is 2. The zero-order valence-electron chi connectivity index (χ0n) is 16.6. The Labute approximate surface area is 184 Å². The van der Waals surface area contributed by atoms with E-state index in [4.69, 9.17) is 0 Å². The summed E-state index contributed by atoms with van der Waals surface area (Å²) in [5.41, 5.74) is -0.930. The molecule has 0 atom stereocenters. The number of benzene rings is 3. The first kappa shape index (κ1) is 22.6. The molecule has 3 rings (SSSR count). The highest BCUT2D eigenvalue weighted by molar-refractivity contribution is 6.07. The van der Waals surface area contributed by atoms with Crippen LogP contribution < -0.4 is 10.6 Å². The summed E-state index contributed by atoms with van der Waals surface area (Å²) < 4.78 is 0. The predicted molar refractivity (Wildman–Crippen MR) is 116 cm³/mol. The van der Waals surface area contributed by atoms with E-state index in [1.165, 1.54) is 42.5 Å². The molecule has 0 aliphatic heterocycles. The highest BCUT2D eigenvalue weighted by Gasteiger charge is 2.16. The van der Waals surface area contributed by atoms with Crippen LogP contribution in [0.5, 0.6) is 0 Å². The molecule has 3 N–H and O–H groups in total. The Bertz CT molecular complexity index is 1220. The lowest BCUT2D eigenvalue weighted by atomic mass is 10.1. The van der Waals surface area contributed by atoms with Crippen LogP contribution in [0.3, 0.4) is 0 Å². The Hall–Kier alpha value is -5.13. The number of carbonyl (C=O) groups is 3. The number of carboxylic acid groups (broad SMARTS) is 1. The molecule has 0 aliphatic carbocycles. The summed E-state index contributed by atoms with van der Waals surface area (Å²) in [7, 11) is 0. The van der Waals surface area contributed by atoms with Crippen LogP contribution >= 0.6 is 0 Å². The number of anilines is 2. The number of hydrogen-bond acceptors (Lipinski definition) is 7. The molecular formula is C21H14N4O8. The fraction of sp³-hybridized carbons (Fsp3) is 0. The van der Waals surface area contributed by atoms with E-state index in [2.05, 4.69) is 10.6 Å². The second kappa shape index (κ2) is 9.34. The number of aromatic carboxylic acids is 1. The molecule has 0 spiro atoms. The summed E-state index contributed by atoms with van der Waals surface area (Å²) in [6, 6.07) is 13.4. The van der Waals surface area contributed by atoms with Crippen LogP contribution in [0.1, 0.15) is 31.1 Å². The Balaban J connectivity index is 1.87. The molecule has 0 heterocycles. The van der Waals surface area contributed by atoms with Gasteiger partial charge in [0.2, 0.25) is 0 Å². The largest absolute Gasteiger partial charge is 0.478 e. The van der Waals surface area contributed by atoms with Gasteiger partial charge >= 0.3 is 5.97 Å². The number of non-ortho nitro benzene ring substituents is 2. The van der Waals surface area contributed by atoms with Gasteiger partial charge in [-0.3, -0.25) is 29.8 Å². The van der Waals surface area contributed by atoms with Crippen molar-refractivity contribution in [3.63, 3.8) is 0 Å². The number of carboxylic acids is 1. The van der Waals surface area contributed by atoms with Crippen molar-refractivity contribution in [2.75, 3.05) is 10.6 Å².